The van der Waals surface area contributed by atoms with Gasteiger partial charge in [-0.1, -0.05) is 18.2 Å². The molecule has 8 nitrogen and oxygen atoms in total. The molecule has 9 heteroatoms. The van der Waals surface area contributed by atoms with Gasteiger partial charge in [0.1, 0.15) is 29.3 Å². The monoisotopic (exact) mass is 441 g/mol. The van der Waals surface area contributed by atoms with Crippen LogP contribution in [0, 0.1) is 24.0 Å². The molecule has 3 aromatic carbocycles. The molecule has 3 aromatic rings. The molecule has 0 radical (unpaired) electrons. The minimum atomic E-state index is -4.22. The van der Waals surface area contributed by atoms with Gasteiger partial charge in [0.05, 0.1) is 4.92 Å². The normalized spacial score (nSPS) is 11.0. The fraction of sp³-hybridized carbons (Fsp3) is 0.136. The van der Waals surface area contributed by atoms with Gasteiger partial charge in [-0.3, -0.25) is 14.9 Å². The number of rotatable bonds is 8. The van der Waals surface area contributed by atoms with Crippen molar-refractivity contribution in [1.82, 2.24) is 0 Å². The number of carbonyl (C=O) groups is 1. The van der Waals surface area contributed by atoms with Crippen molar-refractivity contribution in [2.75, 3.05) is 0 Å². The van der Waals surface area contributed by atoms with Gasteiger partial charge in [0.15, 0.2) is 0 Å². The van der Waals surface area contributed by atoms with E-state index >= 15 is 0 Å². The molecule has 0 amide bonds. The second kappa shape index (κ2) is 8.97. The van der Waals surface area contributed by atoms with Crippen LogP contribution in [0.4, 0.5) is 5.69 Å². The van der Waals surface area contributed by atoms with E-state index in [9.17, 15) is 23.3 Å². The Kier molecular flexibility index (Phi) is 6.36. The first-order valence-electron chi connectivity index (χ1n) is 9.17. The minimum Gasteiger partial charge on any atom is -0.488 e. The van der Waals surface area contributed by atoms with Crippen molar-refractivity contribution < 1.29 is 27.1 Å². The maximum Gasteiger partial charge on any atom is 0.339 e. The van der Waals surface area contributed by atoms with Crippen molar-refractivity contribution in [3.63, 3.8) is 0 Å². The number of hydrogen-bond acceptors (Lipinski definition) is 7. The molecular weight excluding hydrogens is 422 g/mol. The molecule has 160 valence electrons. The first-order valence-corrected chi connectivity index (χ1v) is 10.6. The number of nitrogens with zero attached hydrogens (tertiary/aromatic N) is 1. The highest BCUT2D eigenvalue weighted by Crippen LogP contribution is 2.26. The second-order valence-corrected chi connectivity index (χ2v) is 8.32. The number of ether oxygens (including phenoxy) is 1. The zero-order valence-electron chi connectivity index (χ0n) is 16.8. The van der Waals surface area contributed by atoms with Gasteiger partial charge >= 0.3 is 10.1 Å². The number of benzene rings is 3. The summed E-state index contributed by atoms with van der Waals surface area (Å²) >= 11 is 0. The standard InChI is InChI=1S/C22H19NO7S/c1-15-4-3-5-16(2)22(15)29-14-18-12-20(9-6-17(18)13-24)30-31(27,28)21-10-7-19(8-11-21)23(25)26/h3-13H,14H2,1-2H3. The fourth-order valence-electron chi connectivity index (χ4n) is 2.96. The summed E-state index contributed by atoms with van der Waals surface area (Å²) < 4.78 is 36.1. The first-order chi connectivity index (χ1) is 14.7. The molecule has 0 unspecified atom stereocenters. The molecule has 0 spiro atoms. The summed E-state index contributed by atoms with van der Waals surface area (Å²) in [5, 5.41) is 10.7. The maximum absolute atomic E-state index is 12.5. The molecule has 0 bridgehead atoms. The van der Waals surface area contributed by atoms with Crippen LogP contribution >= 0.6 is 0 Å². The lowest BCUT2D eigenvalue weighted by molar-refractivity contribution is -0.384. The van der Waals surface area contributed by atoms with E-state index in [1.165, 1.54) is 18.2 Å². The van der Waals surface area contributed by atoms with Crippen LogP contribution in [0.15, 0.2) is 65.6 Å². The number of hydrogen-bond donors (Lipinski definition) is 0. The van der Waals surface area contributed by atoms with Gasteiger partial charge in [0, 0.05) is 23.3 Å². The highest BCUT2D eigenvalue weighted by molar-refractivity contribution is 7.87. The molecule has 0 saturated carbocycles. The van der Waals surface area contributed by atoms with Gasteiger partial charge in [-0.15, -0.1) is 0 Å². The lowest BCUT2D eigenvalue weighted by Gasteiger charge is -2.14. The van der Waals surface area contributed by atoms with Crippen molar-refractivity contribution in [2.24, 2.45) is 0 Å². The summed E-state index contributed by atoms with van der Waals surface area (Å²) in [6, 6.07) is 14.3. The van der Waals surface area contributed by atoms with Gasteiger partial charge in [-0.2, -0.15) is 8.42 Å². The minimum absolute atomic E-state index is 0.0101. The van der Waals surface area contributed by atoms with Crippen LogP contribution in [0.5, 0.6) is 11.5 Å². The van der Waals surface area contributed by atoms with E-state index in [4.69, 9.17) is 8.92 Å². The molecule has 0 heterocycles. The number of nitro groups is 1. The highest BCUT2D eigenvalue weighted by Gasteiger charge is 2.19. The summed E-state index contributed by atoms with van der Waals surface area (Å²) in [6.07, 6.45) is 0.651. The Hall–Kier alpha value is -3.72. The smallest absolute Gasteiger partial charge is 0.339 e. The Morgan fingerprint density at radius 1 is 1.00 bits per heavy atom. The SMILES string of the molecule is Cc1cccc(C)c1OCc1cc(OS(=O)(=O)c2ccc([N+](=O)[O-])cc2)ccc1C=O. The zero-order chi connectivity index (χ0) is 22.6. The average Bonchev–Trinajstić information content (AvgIpc) is 2.73. The fourth-order valence-corrected chi connectivity index (χ4v) is 3.88. The van der Waals surface area contributed by atoms with E-state index in [0.29, 0.717) is 23.2 Å². The molecule has 0 aliphatic rings. The Morgan fingerprint density at radius 3 is 2.23 bits per heavy atom. The third-order valence-corrected chi connectivity index (χ3v) is 5.83. The Balaban J connectivity index is 1.84. The number of aldehydes is 1. The Bertz CT molecular complexity index is 1210. The van der Waals surface area contributed by atoms with Crippen LogP contribution in [0.2, 0.25) is 0 Å². The first kappa shape index (κ1) is 22.0. The number of nitro benzene ring substituents is 1. The van der Waals surface area contributed by atoms with E-state index in [0.717, 1.165) is 35.4 Å². The third kappa shape index (κ3) is 5.07. The Morgan fingerprint density at radius 2 is 1.65 bits per heavy atom. The molecule has 0 aromatic heterocycles. The summed E-state index contributed by atoms with van der Waals surface area (Å²) in [7, 11) is -4.22. The summed E-state index contributed by atoms with van der Waals surface area (Å²) in [5.41, 5.74) is 2.42. The highest BCUT2D eigenvalue weighted by atomic mass is 32.2. The summed E-state index contributed by atoms with van der Waals surface area (Å²) in [5.74, 6) is 0.674. The molecule has 0 aliphatic carbocycles. The van der Waals surface area contributed by atoms with E-state index in [-0.39, 0.29) is 22.9 Å². The van der Waals surface area contributed by atoms with Crippen LogP contribution in [-0.4, -0.2) is 19.6 Å². The van der Waals surface area contributed by atoms with Crippen molar-refractivity contribution in [3.8, 4) is 11.5 Å². The molecular formula is C22H19NO7S. The van der Waals surface area contributed by atoms with Crippen LogP contribution in [0.25, 0.3) is 0 Å². The number of aryl methyl sites for hydroxylation is 2. The molecule has 31 heavy (non-hydrogen) atoms. The van der Waals surface area contributed by atoms with Crippen molar-refractivity contribution in [3.05, 3.63) is 93.0 Å². The van der Waals surface area contributed by atoms with Crippen LogP contribution in [0.1, 0.15) is 27.0 Å². The molecule has 3 rings (SSSR count). The van der Waals surface area contributed by atoms with Gasteiger partial charge in [-0.05, 0) is 55.3 Å². The zero-order valence-corrected chi connectivity index (χ0v) is 17.6. The van der Waals surface area contributed by atoms with E-state index in [2.05, 4.69) is 0 Å². The molecule has 0 saturated heterocycles. The quantitative estimate of drug-likeness (QED) is 0.221. The van der Waals surface area contributed by atoms with Crippen molar-refractivity contribution >= 4 is 22.1 Å². The molecule has 0 atom stereocenters. The van der Waals surface area contributed by atoms with Crippen LogP contribution < -0.4 is 8.92 Å². The van der Waals surface area contributed by atoms with Crippen LogP contribution in [0.3, 0.4) is 0 Å². The van der Waals surface area contributed by atoms with Crippen molar-refractivity contribution in [1.29, 1.82) is 0 Å². The van der Waals surface area contributed by atoms with E-state index in [1.807, 2.05) is 32.0 Å². The Labute approximate surface area is 179 Å². The molecule has 0 N–H and O–H groups in total. The van der Waals surface area contributed by atoms with Gasteiger partial charge in [0.2, 0.25) is 0 Å². The summed E-state index contributed by atoms with van der Waals surface area (Å²) in [4.78, 5) is 21.3. The van der Waals surface area contributed by atoms with E-state index in [1.54, 1.807) is 0 Å². The topological polar surface area (TPSA) is 113 Å². The molecule has 0 fully saturated rings. The summed E-state index contributed by atoms with van der Waals surface area (Å²) in [6.45, 7) is 3.84. The second-order valence-electron chi connectivity index (χ2n) is 6.78. The third-order valence-electron chi connectivity index (χ3n) is 4.56. The average molecular weight is 441 g/mol. The number of carbonyl (C=O) groups excluding carboxylic acids is 1. The van der Waals surface area contributed by atoms with Gasteiger partial charge < -0.3 is 8.92 Å². The van der Waals surface area contributed by atoms with Gasteiger partial charge in [-0.25, -0.2) is 0 Å². The lowest BCUT2D eigenvalue weighted by atomic mass is 10.1. The maximum atomic E-state index is 12.5. The van der Waals surface area contributed by atoms with Gasteiger partial charge in [0.25, 0.3) is 5.69 Å². The predicted molar refractivity (Wildman–Crippen MR) is 113 cm³/mol. The predicted octanol–water partition coefficient (Wildman–Crippen LogP) is 4.37. The van der Waals surface area contributed by atoms with E-state index < -0.39 is 15.0 Å². The lowest BCUT2D eigenvalue weighted by Crippen LogP contribution is -2.10. The molecule has 0 aliphatic heterocycles. The largest absolute Gasteiger partial charge is 0.488 e. The number of para-hydroxylation sites is 1. The number of non-ortho nitro benzene ring substituents is 1. The van der Waals surface area contributed by atoms with Crippen LogP contribution in [-0.2, 0) is 16.7 Å². The van der Waals surface area contributed by atoms with Crippen molar-refractivity contribution in [2.45, 2.75) is 25.3 Å².